The number of allylic oxidation sites excluding steroid dienone is 1. The third kappa shape index (κ3) is 10.2. The first kappa shape index (κ1) is 57.8. The molecule has 4 saturated heterocycles. The summed E-state index contributed by atoms with van der Waals surface area (Å²) in [5, 5.41) is 130. The summed E-state index contributed by atoms with van der Waals surface area (Å²) < 4.78 is 48.7. The molecular formula is C52H86O21. The first-order valence-corrected chi connectivity index (χ1v) is 26.7. The Hall–Kier alpha value is -1.39. The van der Waals surface area contributed by atoms with E-state index in [1.165, 1.54) is 13.2 Å². The highest BCUT2D eigenvalue weighted by Crippen LogP contribution is 2.75. The van der Waals surface area contributed by atoms with E-state index in [1.807, 2.05) is 26.0 Å². The van der Waals surface area contributed by atoms with Gasteiger partial charge in [-0.15, -0.1) is 0 Å². The van der Waals surface area contributed by atoms with Crippen LogP contribution < -0.4 is 0 Å². The number of aliphatic hydroxyl groups excluding tert-OH is 11. The van der Waals surface area contributed by atoms with Crippen molar-refractivity contribution in [3.8, 4) is 0 Å². The molecule has 420 valence electrons. The van der Waals surface area contributed by atoms with E-state index >= 15 is 0 Å². The number of fused-ring (bicyclic) bond motifs is 5. The molecule has 0 spiro atoms. The van der Waals surface area contributed by atoms with Crippen molar-refractivity contribution in [2.45, 2.75) is 229 Å². The molecule has 4 heterocycles. The van der Waals surface area contributed by atoms with Gasteiger partial charge in [0.25, 0.3) is 0 Å². The van der Waals surface area contributed by atoms with Gasteiger partial charge in [0.2, 0.25) is 0 Å². The van der Waals surface area contributed by atoms with Gasteiger partial charge in [0, 0.05) is 5.41 Å². The topological polar surface area (TPSA) is 334 Å². The molecule has 12 N–H and O–H groups in total. The summed E-state index contributed by atoms with van der Waals surface area (Å²) in [5.41, 5.74) is -3.52. The molecule has 73 heavy (non-hydrogen) atoms. The maximum atomic E-state index is 14.1. The summed E-state index contributed by atoms with van der Waals surface area (Å²) in [6.07, 6.45) is -16.7. The number of carbonyl (C=O) groups is 1. The molecule has 21 heteroatoms. The zero-order chi connectivity index (χ0) is 53.3. The molecule has 0 bridgehead atoms. The molecule has 0 aromatic rings. The van der Waals surface area contributed by atoms with Gasteiger partial charge in [-0.1, -0.05) is 53.7 Å². The Morgan fingerprint density at radius 2 is 1.27 bits per heavy atom. The van der Waals surface area contributed by atoms with Gasteiger partial charge in [0.1, 0.15) is 85.6 Å². The van der Waals surface area contributed by atoms with Crippen LogP contribution in [0.25, 0.3) is 0 Å². The van der Waals surface area contributed by atoms with Crippen molar-refractivity contribution in [1.82, 2.24) is 0 Å². The number of rotatable bonds is 15. The van der Waals surface area contributed by atoms with Gasteiger partial charge in [0.15, 0.2) is 25.2 Å². The third-order valence-electron chi connectivity index (χ3n) is 19.7. The standard InChI is InChI=1S/C52H86O21/c1-24(2)9-8-15-52(65,23-68-45-40(63)38(61)36(59)30(19-53)70-45)27-12-16-49(6)26(27)10-11-32-50(49,7)17-13-31-48(4,5)33(14-18-51(31,32)22-54)71-47-43(73-46-41(64)37(60)34(57)25(3)69-46)42(29(56)21-67-47)72-44-39(62)35(58)28(55)20-66-44/h8-9,22,24-47,53,55-65H,10-21,23H2,1-7H3/b9-8+/t25-,26+,27-,28+,29-,30+,31-,32-,33-,34-,35-,36+,37+,38-,39+,40+,41+,42-,43+,44-,45+,46-,47-,49+,50+,51+,52+/m0/s1. The fourth-order valence-corrected chi connectivity index (χ4v) is 15.3. The number of aldehydes is 1. The minimum Gasteiger partial charge on any atom is -0.394 e. The van der Waals surface area contributed by atoms with Crippen molar-refractivity contribution in [2.75, 3.05) is 26.4 Å². The summed E-state index contributed by atoms with van der Waals surface area (Å²) >= 11 is 0. The quantitative estimate of drug-likeness (QED) is 0.0539. The average Bonchev–Trinajstić information content (AvgIpc) is 3.72. The zero-order valence-electron chi connectivity index (χ0n) is 43.3. The summed E-state index contributed by atoms with van der Waals surface area (Å²) in [6, 6.07) is 0. The number of ether oxygens (including phenoxy) is 8. The SMILES string of the molecule is CC(C)/C=C/C[C@@](O)(CO[C@@H]1O[C@H](CO)[C@@H](O)[C@H](O)[C@H]1O)[C@H]1CC[C@]2(C)[C@@H]1CC[C@@H]1[C@@]3(C=O)CC[C@H](O[C@@H]4OC[C@H](O)[C@H](O[C@@H]5OC[C@@H](O)[C@H](O)[C@H]5O)[C@H]4O[C@@H]4O[C@@H](C)[C@H](O)[C@@H](O)[C@H]4O)C(C)(C)[C@@H]3CC[C@]12C. The first-order chi connectivity index (χ1) is 34.3. The Bertz CT molecular complexity index is 1890. The third-order valence-corrected chi connectivity index (χ3v) is 19.7. The van der Waals surface area contributed by atoms with Gasteiger partial charge in [-0.05, 0) is 111 Å². The second-order valence-corrected chi connectivity index (χ2v) is 24.4. The van der Waals surface area contributed by atoms with Gasteiger partial charge < -0.3 is 104 Å². The number of aliphatic hydroxyl groups is 12. The minimum atomic E-state index is -1.76. The summed E-state index contributed by atoms with van der Waals surface area (Å²) in [5.74, 6) is -0.213. The lowest BCUT2D eigenvalue weighted by Gasteiger charge is -2.69. The Labute approximate surface area is 427 Å². The van der Waals surface area contributed by atoms with E-state index in [2.05, 4.69) is 27.7 Å². The molecule has 0 aromatic carbocycles. The predicted molar refractivity (Wildman–Crippen MR) is 253 cm³/mol. The van der Waals surface area contributed by atoms with Crippen molar-refractivity contribution < 1.29 is 104 Å². The molecule has 8 rings (SSSR count). The van der Waals surface area contributed by atoms with Crippen LogP contribution in [0.3, 0.4) is 0 Å². The molecule has 0 radical (unpaired) electrons. The van der Waals surface area contributed by atoms with Crippen molar-refractivity contribution in [1.29, 1.82) is 0 Å². The van der Waals surface area contributed by atoms with Crippen LogP contribution in [0.15, 0.2) is 12.2 Å². The van der Waals surface area contributed by atoms with Crippen LogP contribution >= 0.6 is 0 Å². The summed E-state index contributed by atoms with van der Waals surface area (Å²) in [4.78, 5) is 14.1. The number of carbonyl (C=O) groups excluding carboxylic acids is 1. The van der Waals surface area contributed by atoms with Crippen LogP contribution in [-0.4, -0.2) is 216 Å². The van der Waals surface area contributed by atoms with E-state index in [0.717, 1.165) is 25.7 Å². The molecule has 4 aliphatic carbocycles. The zero-order valence-corrected chi connectivity index (χ0v) is 43.3. The van der Waals surface area contributed by atoms with Gasteiger partial charge in [-0.3, -0.25) is 0 Å². The highest BCUT2D eigenvalue weighted by molar-refractivity contribution is 5.62. The lowest BCUT2D eigenvalue weighted by atomic mass is 9.35. The van der Waals surface area contributed by atoms with Gasteiger partial charge in [-0.25, -0.2) is 0 Å². The fraction of sp³-hybridized carbons (Fsp3) is 0.942. The highest BCUT2D eigenvalue weighted by Gasteiger charge is 2.71. The van der Waals surface area contributed by atoms with Crippen LogP contribution in [0.5, 0.6) is 0 Å². The second kappa shape index (κ2) is 22.0. The summed E-state index contributed by atoms with van der Waals surface area (Å²) in [7, 11) is 0. The Balaban J connectivity index is 1.03. The van der Waals surface area contributed by atoms with Gasteiger partial charge in [0.05, 0.1) is 44.2 Å². The molecule has 27 atom stereocenters. The monoisotopic (exact) mass is 1050 g/mol. The Kier molecular flexibility index (Phi) is 17.4. The fourth-order valence-electron chi connectivity index (χ4n) is 15.3. The number of hydrogen-bond donors (Lipinski definition) is 12. The lowest BCUT2D eigenvalue weighted by Crippen LogP contribution is -2.67. The molecule has 4 aliphatic heterocycles. The van der Waals surface area contributed by atoms with Crippen molar-refractivity contribution >= 4 is 6.29 Å². The average molecular weight is 1050 g/mol. The molecule has 8 fully saturated rings. The largest absolute Gasteiger partial charge is 0.394 e. The molecule has 21 nitrogen and oxygen atoms in total. The van der Waals surface area contributed by atoms with Crippen LogP contribution in [-0.2, 0) is 42.7 Å². The van der Waals surface area contributed by atoms with Crippen molar-refractivity contribution in [2.24, 2.45) is 51.2 Å². The van der Waals surface area contributed by atoms with Crippen LogP contribution in [0.4, 0.5) is 0 Å². The Morgan fingerprint density at radius 3 is 1.96 bits per heavy atom. The molecule has 0 unspecified atom stereocenters. The van der Waals surface area contributed by atoms with Crippen molar-refractivity contribution in [3.05, 3.63) is 12.2 Å². The van der Waals surface area contributed by atoms with E-state index in [-0.39, 0.29) is 60.1 Å². The van der Waals surface area contributed by atoms with E-state index < -0.39 is 146 Å². The van der Waals surface area contributed by atoms with Gasteiger partial charge in [-0.2, -0.15) is 0 Å². The predicted octanol–water partition coefficient (Wildman–Crippen LogP) is -0.860. The molecule has 8 aliphatic rings. The molecule has 0 amide bonds. The molecule has 0 aromatic heterocycles. The van der Waals surface area contributed by atoms with Crippen molar-refractivity contribution in [3.63, 3.8) is 0 Å². The van der Waals surface area contributed by atoms with E-state index in [1.54, 1.807) is 0 Å². The summed E-state index contributed by atoms with van der Waals surface area (Å²) in [6.45, 7) is 12.8. The smallest absolute Gasteiger partial charge is 0.187 e. The lowest BCUT2D eigenvalue weighted by molar-refractivity contribution is -0.383. The van der Waals surface area contributed by atoms with E-state index in [9.17, 15) is 66.1 Å². The van der Waals surface area contributed by atoms with E-state index in [4.69, 9.17) is 37.9 Å². The number of hydrogen-bond acceptors (Lipinski definition) is 21. The van der Waals surface area contributed by atoms with Crippen LogP contribution in [0.1, 0.15) is 106 Å². The molecular weight excluding hydrogens is 961 g/mol. The maximum Gasteiger partial charge on any atom is 0.187 e. The first-order valence-electron chi connectivity index (χ1n) is 26.7. The highest BCUT2D eigenvalue weighted by atomic mass is 16.8. The van der Waals surface area contributed by atoms with Crippen LogP contribution in [0, 0.1) is 51.2 Å². The van der Waals surface area contributed by atoms with Crippen LogP contribution in [0.2, 0.25) is 0 Å². The molecule has 4 saturated carbocycles. The minimum absolute atomic E-state index is 0.0240. The maximum absolute atomic E-state index is 14.1. The van der Waals surface area contributed by atoms with Gasteiger partial charge >= 0.3 is 0 Å². The second-order valence-electron chi connectivity index (χ2n) is 24.4. The van der Waals surface area contributed by atoms with E-state index in [0.29, 0.717) is 25.7 Å². The normalized spacial score (nSPS) is 52.0. The Morgan fingerprint density at radius 1 is 0.644 bits per heavy atom.